The number of allylic oxidation sites excluding steroid dienone is 1. The maximum absolute atomic E-state index is 9.62. The highest BCUT2D eigenvalue weighted by molar-refractivity contribution is 5.44. The van der Waals surface area contributed by atoms with E-state index in [2.05, 4.69) is 4.74 Å². The van der Waals surface area contributed by atoms with Crippen molar-refractivity contribution in [3.8, 4) is 0 Å². The third kappa shape index (κ3) is 6.92. The number of rotatable bonds is 6. The lowest BCUT2D eigenvalue weighted by molar-refractivity contribution is 0.270. The molecule has 0 atom stereocenters. The quantitative estimate of drug-likeness (QED) is 0.402. The van der Waals surface area contributed by atoms with Crippen molar-refractivity contribution < 1.29 is 14.3 Å². The van der Waals surface area contributed by atoms with Crippen molar-refractivity contribution in [1.29, 1.82) is 0 Å². The molecule has 3 heteroatoms. The molecular formula is C7H9O3. The van der Waals surface area contributed by atoms with Crippen LogP contribution in [0.25, 0.3) is 0 Å². The van der Waals surface area contributed by atoms with Gasteiger partial charge in [-0.1, -0.05) is 0 Å². The van der Waals surface area contributed by atoms with Crippen molar-refractivity contribution in [1.82, 2.24) is 0 Å². The van der Waals surface area contributed by atoms with Gasteiger partial charge in [0.1, 0.15) is 5.94 Å². The minimum Gasteiger partial charge on any atom is -0.457 e. The topological polar surface area (TPSA) is 43.4 Å². The molecule has 0 N–H and O–H groups in total. The fourth-order valence-electron chi connectivity index (χ4n) is 0.521. The molecule has 0 aliphatic heterocycles. The van der Waals surface area contributed by atoms with Crippen LogP contribution in [0.1, 0.15) is 19.3 Å². The van der Waals surface area contributed by atoms with E-state index in [0.29, 0.717) is 13.0 Å². The molecule has 0 bridgehead atoms. The predicted octanol–water partition coefficient (Wildman–Crippen LogP) is 0.628. The van der Waals surface area contributed by atoms with Crippen LogP contribution in [-0.4, -0.2) is 19.0 Å². The van der Waals surface area contributed by atoms with Crippen LogP contribution in [-0.2, 0) is 14.3 Å². The van der Waals surface area contributed by atoms with Crippen LogP contribution >= 0.6 is 0 Å². The first-order valence-electron chi connectivity index (χ1n) is 3.10. The third-order valence-electron chi connectivity index (χ3n) is 0.987. The van der Waals surface area contributed by atoms with Crippen molar-refractivity contribution in [2.24, 2.45) is 0 Å². The SMILES string of the molecule is O=[C]OCCCCC=C=O. The van der Waals surface area contributed by atoms with E-state index in [1.807, 2.05) is 0 Å². The van der Waals surface area contributed by atoms with E-state index in [1.54, 1.807) is 5.94 Å². The molecule has 1 radical (unpaired) electrons. The first-order chi connectivity index (χ1) is 4.91. The average Bonchev–Trinajstić information content (AvgIpc) is 1.97. The summed E-state index contributed by atoms with van der Waals surface area (Å²) in [6.07, 6.45) is 3.74. The van der Waals surface area contributed by atoms with Gasteiger partial charge in [-0.05, 0) is 25.3 Å². The Kier molecular flexibility index (Phi) is 7.06. The van der Waals surface area contributed by atoms with E-state index < -0.39 is 0 Å². The highest BCUT2D eigenvalue weighted by Crippen LogP contribution is 1.94. The standard InChI is InChI=1S/C7H9O3/c8-5-3-1-2-4-6-10-7-9/h3H,1-2,4,6H2. The Morgan fingerprint density at radius 1 is 1.30 bits per heavy atom. The first kappa shape index (κ1) is 8.92. The van der Waals surface area contributed by atoms with Gasteiger partial charge in [0.2, 0.25) is 0 Å². The highest BCUT2D eigenvalue weighted by atomic mass is 16.5. The summed E-state index contributed by atoms with van der Waals surface area (Å²) < 4.78 is 4.30. The Morgan fingerprint density at radius 3 is 2.70 bits per heavy atom. The number of unbranched alkanes of at least 4 members (excludes halogenated alkanes) is 2. The Morgan fingerprint density at radius 2 is 2.10 bits per heavy atom. The molecule has 0 aromatic carbocycles. The van der Waals surface area contributed by atoms with Crippen LogP contribution in [0.2, 0.25) is 0 Å². The van der Waals surface area contributed by atoms with Gasteiger partial charge in [-0.3, -0.25) is 0 Å². The van der Waals surface area contributed by atoms with Crippen molar-refractivity contribution in [2.45, 2.75) is 19.3 Å². The molecule has 0 spiro atoms. The Labute approximate surface area is 59.7 Å². The van der Waals surface area contributed by atoms with Gasteiger partial charge >= 0.3 is 6.47 Å². The highest BCUT2D eigenvalue weighted by Gasteiger charge is 1.85. The molecule has 55 valence electrons. The maximum atomic E-state index is 9.62. The van der Waals surface area contributed by atoms with Crippen molar-refractivity contribution in [2.75, 3.05) is 6.61 Å². The van der Waals surface area contributed by atoms with Crippen molar-refractivity contribution >= 4 is 12.4 Å². The molecule has 0 fully saturated rings. The fraction of sp³-hybridized carbons (Fsp3) is 0.571. The molecule has 10 heavy (non-hydrogen) atoms. The minimum atomic E-state index is 0.385. The van der Waals surface area contributed by atoms with Gasteiger partial charge in [0.15, 0.2) is 0 Å². The summed E-state index contributed by atoms with van der Waals surface area (Å²) in [5.41, 5.74) is 0. The van der Waals surface area contributed by atoms with Gasteiger partial charge in [-0.15, -0.1) is 0 Å². The molecule has 0 saturated carbocycles. The number of hydrogen-bond donors (Lipinski definition) is 0. The van der Waals surface area contributed by atoms with E-state index in [4.69, 9.17) is 0 Å². The molecule has 0 heterocycles. The zero-order valence-corrected chi connectivity index (χ0v) is 5.63. The average molecular weight is 141 g/mol. The second kappa shape index (κ2) is 7.92. The summed E-state index contributed by atoms with van der Waals surface area (Å²) in [7, 11) is 0. The maximum Gasteiger partial charge on any atom is 0.417 e. The van der Waals surface area contributed by atoms with E-state index >= 15 is 0 Å². The Bertz CT molecular complexity index is 125. The summed E-state index contributed by atoms with van der Waals surface area (Å²) in [6, 6.07) is 0. The minimum absolute atomic E-state index is 0.385. The first-order valence-corrected chi connectivity index (χ1v) is 3.10. The third-order valence-corrected chi connectivity index (χ3v) is 0.987. The van der Waals surface area contributed by atoms with Crippen molar-refractivity contribution in [3.05, 3.63) is 6.08 Å². The van der Waals surface area contributed by atoms with Gasteiger partial charge in [-0.2, -0.15) is 0 Å². The predicted molar refractivity (Wildman–Crippen MR) is 35.8 cm³/mol. The molecular weight excluding hydrogens is 132 g/mol. The fourth-order valence-corrected chi connectivity index (χ4v) is 0.521. The lowest BCUT2D eigenvalue weighted by Gasteiger charge is -1.92. The molecule has 0 unspecified atom stereocenters. The van der Waals surface area contributed by atoms with Gasteiger partial charge in [0.05, 0.1) is 6.61 Å². The normalized spacial score (nSPS) is 8.00. The lowest BCUT2D eigenvalue weighted by atomic mass is 10.2. The summed E-state index contributed by atoms with van der Waals surface area (Å²) in [5.74, 6) is 1.67. The molecule has 0 aromatic rings. The molecule has 0 aliphatic rings. The Hall–Kier alpha value is -1.08. The van der Waals surface area contributed by atoms with E-state index in [9.17, 15) is 9.59 Å². The Balaban J connectivity index is 2.90. The van der Waals surface area contributed by atoms with Gasteiger partial charge in [0.25, 0.3) is 0 Å². The lowest BCUT2D eigenvalue weighted by Crippen LogP contribution is -1.90. The number of ether oxygens (including phenoxy) is 1. The van der Waals surface area contributed by atoms with Gasteiger partial charge in [0, 0.05) is 0 Å². The van der Waals surface area contributed by atoms with Crippen LogP contribution in [0.4, 0.5) is 0 Å². The summed E-state index contributed by atoms with van der Waals surface area (Å²) in [4.78, 5) is 19.1. The molecule has 0 aromatic heterocycles. The molecule has 0 aliphatic carbocycles. The molecule has 3 nitrogen and oxygen atoms in total. The van der Waals surface area contributed by atoms with Gasteiger partial charge in [-0.25, -0.2) is 9.59 Å². The number of carbonyl (C=O) groups excluding carboxylic acids is 2. The smallest absolute Gasteiger partial charge is 0.417 e. The van der Waals surface area contributed by atoms with E-state index in [0.717, 1.165) is 12.8 Å². The second-order valence-corrected chi connectivity index (χ2v) is 1.75. The van der Waals surface area contributed by atoms with E-state index in [1.165, 1.54) is 12.5 Å². The summed E-state index contributed by atoms with van der Waals surface area (Å²) >= 11 is 0. The monoisotopic (exact) mass is 141 g/mol. The molecule has 0 rings (SSSR count). The molecule has 0 amide bonds. The van der Waals surface area contributed by atoms with Crippen LogP contribution in [0, 0.1) is 0 Å². The van der Waals surface area contributed by atoms with Crippen LogP contribution in [0.3, 0.4) is 0 Å². The van der Waals surface area contributed by atoms with Gasteiger partial charge < -0.3 is 4.74 Å². The molecule has 0 saturated heterocycles. The number of hydrogen-bond acceptors (Lipinski definition) is 3. The van der Waals surface area contributed by atoms with Crippen LogP contribution in [0.15, 0.2) is 6.08 Å². The van der Waals surface area contributed by atoms with E-state index in [-0.39, 0.29) is 0 Å². The second-order valence-electron chi connectivity index (χ2n) is 1.75. The summed E-state index contributed by atoms with van der Waals surface area (Å²) in [5, 5.41) is 0. The zero-order valence-electron chi connectivity index (χ0n) is 5.63. The largest absolute Gasteiger partial charge is 0.457 e. The zero-order chi connectivity index (χ0) is 7.66. The summed E-state index contributed by atoms with van der Waals surface area (Å²) in [6.45, 7) is 1.71. The van der Waals surface area contributed by atoms with Crippen molar-refractivity contribution in [3.63, 3.8) is 0 Å². The van der Waals surface area contributed by atoms with Crippen LogP contribution in [0.5, 0.6) is 0 Å². The van der Waals surface area contributed by atoms with Crippen LogP contribution < -0.4 is 0 Å².